The normalized spacial score (nSPS) is 9.18. The Morgan fingerprint density at radius 3 is 2.82 bits per heavy atom. The summed E-state index contributed by atoms with van der Waals surface area (Å²) in [4.78, 5) is 0. The first-order chi connectivity index (χ1) is 5.25. The standard InChI is InChI=1S/C8H11N3/c1-6-4-3-5-7(9)8(6)11-10-2/h3-5,11H,2,9H2,1H3. The summed E-state index contributed by atoms with van der Waals surface area (Å²) in [7, 11) is 0. The molecule has 0 saturated heterocycles. The molecule has 0 aromatic heterocycles. The van der Waals surface area contributed by atoms with E-state index in [1.54, 1.807) is 0 Å². The summed E-state index contributed by atoms with van der Waals surface area (Å²) >= 11 is 0. The quantitative estimate of drug-likeness (QED) is 0.381. The molecule has 0 amide bonds. The van der Waals surface area contributed by atoms with Crippen molar-refractivity contribution in [3.63, 3.8) is 0 Å². The zero-order valence-electron chi connectivity index (χ0n) is 6.46. The second kappa shape index (κ2) is 3.05. The average Bonchev–Trinajstić information content (AvgIpc) is 1.97. The van der Waals surface area contributed by atoms with Gasteiger partial charge in [0.05, 0.1) is 11.4 Å². The maximum atomic E-state index is 5.66. The van der Waals surface area contributed by atoms with Crippen LogP contribution < -0.4 is 11.2 Å². The molecular weight excluding hydrogens is 138 g/mol. The van der Waals surface area contributed by atoms with E-state index >= 15 is 0 Å². The summed E-state index contributed by atoms with van der Waals surface area (Å²) in [5, 5.41) is 3.55. The third-order valence-corrected chi connectivity index (χ3v) is 1.50. The second-order valence-corrected chi connectivity index (χ2v) is 2.31. The van der Waals surface area contributed by atoms with E-state index in [2.05, 4.69) is 17.2 Å². The van der Waals surface area contributed by atoms with Crippen LogP contribution in [0.1, 0.15) is 5.56 Å². The molecule has 1 aromatic carbocycles. The van der Waals surface area contributed by atoms with Gasteiger partial charge in [-0.1, -0.05) is 12.1 Å². The smallest absolute Gasteiger partial charge is 0.0819 e. The molecule has 0 heterocycles. The van der Waals surface area contributed by atoms with E-state index in [4.69, 9.17) is 5.73 Å². The molecule has 3 N–H and O–H groups in total. The maximum absolute atomic E-state index is 5.66. The molecule has 1 aromatic rings. The van der Waals surface area contributed by atoms with Crippen molar-refractivity contribution in [3.05, 3.63) is 23.8 Å². The van der Waals surface area contributed by atoms with Crippen LogP contribution in [-0.2, 0) is 0 Å². The van der Waals surface area contributed by atoms with Crippen LogP contribution in [0, 0.1) is 6.92 Å². The number of rotatable bonds is 2. The molecule has 11 heavy (non-hydrogen) atoms. The van der Waals surface area contributed by atoms with E-state index in [0.717, 1.165) is 11.3 Å². The van der Waals surface area contributed by atoms with E-state index < -0.39 is 0 Å². The third kappa shape index (κ3) is 1.49. The Kier molecular flexibility index (Phi) is 2.11. The highest BCUT2D eigenvalue weighted by atomic mass is 15.3. The Labute approximate surface area is 65.9 Å². The molecule has 0 atom stereocenters. The minimum absolute atomic E-state index is 0.692. The average molecular weight is 149 g/mol. The number of benzene rings is 1. The van der Waals surface area contributed by atoms with Gasteiger partial charge in [-0.3, -0.25) is 5.43 Å². The molecule has 3 heteroatoms. The number of anilines is 2. The molecule has 0 aliphatic rings. The molecule has 1 rings (SSSR count). The highest BCUT2D eigenvalue weighted by Gasteiger charge is 1.98. The first kappa shape index (κ1) is 7.60. The maximum Gasteiger partial charge on any atom is 0.0819 e. The number of hydrogen-bond donors (Lipinski definition) is 2. The monoisotopic (exact) mass is 149 g/mol. The van der Waals surface area contributed by atoms with Gasteiger partial charge in [-0.25, -0.2) is 0 Å². The first-order valence-electron chi connectivity index (χ1n) is 3.32. The molecule has 0 fully saturated rings. The Morgan fingerprint density at radius 2 is 2.27 bits per heavy atom. The van der Waals surface area contributed by atoms with Crippen LogP contribution in [0.2, 0.25) is 0 Å². The van der Waals surface area contributed by atoms with E-state index in [0.29, 0.717) is 5.69 Å². The Balaban J connectivity index is 3.09. The SMILES string of the molecule is C=NNc1c(C)cccc1N. The van der Waals surface area contributed by atoms with Gasteiger partial charge in [-0.05, 0) is 18.6 Å². The second-order valence-electron chi connectivity index (χ2n) is 2.31. The third-order valence-electron chi connectivity index (χ3n) is 1.50. The molecule has 0 saturated carbocycles. The lowest BCUT2D eigenvalue weighted by molar-refractivity contribution is 1.32. The summed E-state index contributed by atoms with van der Waals surface area (Å²) in [5.41, 5.74) is 11.0. The van der Waals surface area contributed by atoms with Crippen LogP contribution in [0.3, 0.4) is 0 Å². The van der Waals surface area contributed by atoms with Crippen molar-refractivity contribution in [1.82, 2.24) is 0 Å². The molecule has 0 aliphatic heterocycles. The van der Waals surface area contributed by atoms with Gasteiger partial charge in [0.1, 0.15) is 0 Å². The number of nitrogens with zero attached hydrogens (tertiary/aromatic N) is 1. The number of para-hydroxylation sites is 1. The van der Waals surface area contributed by atoms with Gasteiger partial charge in [0.15, 0.2) is 0 Å². The lowest BCUT2D eigenvalue weighted by Crippen LogP contribution is -1.96. The van der Waals surface area contributed by atoms with Crippen LogP contribution in [0.4, 0.5) is 11.4 Å². The fourth-order valence-corrected chi connectivity index (χ4v) is 0.922. The molecule has 0 aliphatic carbocycles. The molecule has 0 unspecified atom stereocenters. The zero-order chi connectivity index (χ0) is 8.27. The number of hydrazone groups is 1. The summed E-state index contributed by atoms with van der Waals surface area (Å²) in [6, 6.07) is 5.68. The highest BCUT2D eigenvalue weighted by Crippen LogP contribution is 2.21. The minimum Gasteiger partial charge on any atom is -0.397 e. The first-order valence-corrected chi connectivity index (χ1v) is 3.32. The van der Waals surface area contributed by atoms with Crippen molar-refractivity contribution in [2.24, 2.45) is 5.10 Å². The van der Waals surface area contributed by atoms with Crippen molar-refractivity contribution in [1.29, 1.82) is 0 Å². The summed E-state index contributed by atoms with van der Waals surface area (Å²) in [6.45, 7) is 5.28. The van der Waals surface area contributed by atoms with Gasteiger partial charge < -0.3 is 5.73 Å². The molecule has 0 radical (unpaired) electrons. The highest BCUT2D eigenvalue weighted by molar-refractivity contribution is 5.69. The Morgan fingerprint density at radius 1 is 1.55 bits per heavy atom. The summed E-state index contributed by atoms with van der Waals surface area (Å²) < 4.78 is 0. The summed E-state index contributed by atoms with van der Waals surface area (Å²) in [5.74, 6) is 0. The van der Waals surface area contributed by atoms with Crippen molar-refractivity contribution >= 4 is 18.1 Å². The van der Waals surface area contributed by atoms with E-state index in [1.165, 1.54) is 0 Å². The van der Waals surface area contributed by atoms with Crippen molar-refractivity contribution in [2.45, 2.75) is 6.92 Å². The van der Waals surface area contributed by atoms with Crippen LogP contribution >= 0.6 is 0 Å². The van der Waals surface area contributed by atoms with Gasteiger partial charge in [0.2, 0.25) is 0 Å². The molecule has 58 valence electrons. The van der Waals surface area contributed by atoms with E-state index in [1.807, 2.05) is 25.1 Å². The number of nitrogens with two attached hydrogens (primary N) is 1. The molecule has 0 bridgehead atoms. The molecular formula is C8H11N3. The van der Waals surface area contributed by atoms with Crippen LogP contribution in [-0.4, -0.2) is 6.72 Å². The predicted octanol–water partition coefficient (Wildman–Crippen LogP) is 1.60. The Hall–Kier alpha value is -1.51. The van der Waals surface area contributed by atoms with Gasteiger partial charge in [0.25, 0.3) is 0 Å². The Bertz CT molecular complexity index is 248. The number of nitrogens with one attached hydrogen (secondary N) is 1. The predicted molar refractivity (Wildman–Crippen MR) is 48.8 cm³/mol. The van der Waals surface area contributed by atoms with Crippen LogP contribution in [0.15, 0.2) is 23.3 Å². The van der Waals surface area contributed by atoms with Gasteiger partial charge in [-0.2, -0.15) is 5.10 Å². The van der Waals surface area contributed by atoms with E-state index in [-0.39, 0.29) is 0 Å². The molecule has 0 spiro atoms. The van der Waals surface area contributed by atoms with Crippen molar-refractivity contribution < 1.29 is 0 Å². The number of nitrogen functional groups attached to an aromatic ring is 1. The largest absolute Gasteiger partial charge is 0.397 e. The van der Waals surface area contributed by atoms with Crippen LogP contribution in [0.5, 0.6) is 0 Å². The number of aryl methyl sites for hydroxylation is 1. The summed E-state index contributed by atoms with van der Waals surface area (Å²) in [6.07, 6.45) is 0. The van der Waals surface area contributed by atoms with Crippen molar-refractivity contribution in [2.75, 3.05) is 11.2 Å². The fraction of sp³-hybridized carbons (Fsp3) is 0.125. The van der Waals surface area contributed by atoms with Gasteiger partial charge in [0, 0.05) is 6.72 Å². The van der Waals surface area contributed by atoms with E-state index in [9.17, 15) is 0 Å². The lowest BCUT2D eigenvalue weighted by atomic mass is 10.2. The van der Waals surface area contributed by atoms with Crippen molar-refractivity contribution in [3.8, 4) is 0 Å². The fourth-order valence-electron chi connectivity index (χ4n) is 0.922. The zero-order valence-corrected chi connectivity index (χ0v) is 6.46. The molecule has 3 nitrogen and oxygen atoms in total. The lowest BCUT2D eigenvalue weighted by Gasteiger charge is -2.06. The van der Waals surface area contributed by atoms with Gasteiger partial charge >= 0.3 is 0 Å². The number of hydrogen-bond acceptors (Lipinski definition) is 3. The van der Waals surface area contributed by atoms with Crippen LogP contribution in [0.25, 0.3) is 0 Å². The topological polar surface area (TPSA) is 50.4 Å². The van der Waals surface area contributed by atoms with Gasteiger partial charge in [-0.15, -0.1) is 0 Å². The minimum atomic E-state index is 0.692.